The molecule has 5 heteroatoms. The van der Waals surface area contributed by atoms with Gasteiger partial charge in [0.2, 0.25) is 0 Å². The molecule has 0 radical (unpaired) electrons. The van der Waals surface area contributed by atoms with Gasteiger partial charge in [-0.05, 0) is 36.5 Å². The van der Waals surface area contributed by atoms with Crippen LogP contribution in [0.3, 0.4) is 0 Å². The molecule has 0 bridgehead atoms. The number of ketones is 1. The van der Waals surface area contributed by atoms with Crippen molar-refractivity contribution >= 4 is 11.8 Å². The first kappa shape index (κ1) is 19.2. The van der Waals surface area contributed by atoms with Crippen molar-refractivity contribution in [1.82, 2.24) is 5.32 Å². The topological polar surface area (TPSA) is 64.6 Å². The summed E-state index contributed by atoms with van der Waals surface area (Å²) in [7, 11) is 1.36. The van der Waals surface area contributed by atoms with Crippen LogP contribution in [0.1, 0.15) is 45.1 Å². The van der Waals surface area contributed by atoms with Gasteiger partial charge in [0.15, 0.2) is 5.78 Å². The van der Waals surface area contributed by atoms with E-state index in [2.05, 4.69) is 25.7 Å². The Balaban J connectivity index is 2.17. The third-order valence-electron chi connectivity index (χ3n) is 5.23. The molecule has 0 spiro atoms. The van der Waals surface area contributed by atoms with E-state index in [9.17, 15) is 9.59 Å². The third kappa shape index (κ3) is 3.64. The van der Waals surface area contributed by atoms with Crippen LogP contribution < -0.4 is 10.1 Å². The number of nitrogens with one attached hydrogen (secondary N) is 1. The maximum Gasteiger partial charge on any atom is 0.315 e. The van der Waals surface area contributed by atoms with Crippen molar-refractivity contribution in [2.75, 3.05) is 13.7 Å². The van der Waals surface area contributed by atoms with Crippen molar-refractivity contribution in [3.63, 3.8) is 0 Å². The quantitative estimate of drug-likeness (QED) is 0.820. The summed E-state index contributed by atoms with van der Waals surface area (Å²) in [4.78, 5) is 25.7. The number of benzene rings is 1. The number of hydrogen-bond acceptors (Lipinski definition) is 5. The highest BCUT2D eigenvalue weighted by molar-refractivity contribution is 6.00. The van der Waals surface area contributed by atoms with Gasteiger partial charge in [0.25, 0.3) is 0 Å². The number of allylic oxidation sites excluding steroid dienone is 2. The minimum absolute atomic E-state index is 0.0713. The molecule has 0 amide bonds. The lowest BCUT2D eigenvalue weighted by molar-refractivity contribution is -0.144. The standard InChI is InChI=1S/C22H27NO4/c1-6-27-15-9-7-8-14(10-15)19-18(21(25)26-5)13(2)23-16-11-22(3,4)12-17(24)20(16)19/h7-10,18-19,23H,2,6,11-12H2,1,3-5H3. The average Bonchev–Trinajstić information content (AvgIpc) is 2.59. The molecule has 2 unspecified atom stereocenters. The first-order chi connectivity index (χ1) is 12.8. The van der Waals surface area contributed by atoms with Gasteiger partial charge in [0.05, 0.1) is 13.7 Å². The molecule has 1 aromatic carbocycles. The molecule has 0 saturated carbocycles. The summed E-state index contributed by atoms with van der Waals surface area (Å²) in [5, 5.41) is 3.24. The predicted octanol–water partition coefficient (Wildman–Crippen LogP) is 3.72. The Kier molecular flexibility index (Phi) is 5.13. The lowest BCUT2D eigenvalue weighted by Gasteiger charge is -2.42. The summed E-state index contributed by atoms with van der Waals surface area (Å²) in [5.41, 5.74) is 2.84. The monoisotopic (exact) mass is 369 g/mol. The van der Waals surface area contributed by atoms with E-state index < -0.39 is 17.8 Å². The predicted molar refractivity (Wildman–Crippen MR) is 103 cm³/mol. The molecule has 1 heterocycles. The van der Waals surface area contributed by atoms with E-state index in [1.54, 1.807) is 0 Å². The Morgan fingerprint density at radius 3 is 2.74 bits per heavy atom. The zero-order chi connectivity index (χ0) is 19.8. The molecule has 5 nitrogen and oxygen atoms in total. The Morgan fingerprint density at radius 1 is 1.33 bits per heavy atom. The fraction of sp³-hybridized carbons (Fsp3) is 0.455. The highest BCUT2D eigenvalue weighted by atomic mass is 16.5. The second-order valence-corrected chi connectivity index (χ2v) is 7.97. The van der Waals surface area contributed by atoms with Gasteiger partial charge in [-0.1, -0.05) is 32.6 Å². The van der Waals surface area contributed by atoms with E-state index in [-0.39, 0.29) is 11.2 Å². The van der Waals surface area contributed by atoms with E-state index in [0.29, 0.717) is 30.0 Å². The van der Waals surface area contributed by atoms with Gasteiger partial charge in [-0.15, -0.1) is 0 Å². The van der Waals surface area contributed by atoms with Crippen molar-refractivity contribution in [1.29, 1.82) is 0 Å². The summed E-state index contributed by atoms with van der Waals surface area (Å²) in [6, 6.07) is 7.59. The Hall–Kier alpha value is -2.56. The lowest BCUT2D eigenvalue weighted by atomic mass is 9.66. The molecule has 2 atom stereocenters. The second-order valence-electron chi connectivity index (χ2n) is 7.97. The van der Waals surface area contributed by atoms with Crippen molar-refractivity contribution < 1.29 is 19.1 Å². The molecule has 3 rings (SSSR count). The fourth-order valence-electron chi connectivity index (χ4n) is 4.18. The van der Waals surface area contributed by atoms with Gasteiger partial charge in [-0.25, -0.2) is 0 Å². The van der Waals surface area contributed by atoms with Crippen molar-refractivity contribution in [3.8, 4) is 5.75 Å². The van der Waals surface area contributed by atoms with Crippen molar-refractivity contribution in [3.05, 3.63) is 53.4 Å². The van der Waals surface area contributed by atoms with Crippen LogP contribution in [0.25, 0.3) is 0 Å². The minimum Gasteiger partial charge on any atom is -0.494 e. The maximum atomic E-state index is 13.1. The molecule has 1 N–H and O–H groups in total. The van der Waals surface area contributed by atoms with Crippen molar-refractivity contribution in [2.45, 2.75) is 39.5 Å². The summed E-state index contributed by atoms with van der Waals surface area (Å²) >= 11 is 0. The SMILES string of the molecule is C=C1NC2=C(C(=O)CC(C)(C)C2)C(c2cccc(OCC)c2)C1C(=O)OC. The Bertz CT molecular complexity index is 821. The van der Waals surface area contributed by atoms with Crippen LogP contribution in [-0.4, -0.2) is 25.5 Å². The number of carbonyl (C=O) groups is 2. The zero-order valence-corrected chi connectivity index (χ0v) is 16.4. The zero-order valence-electron chi connectivity index (χ0n) is 16.4. The van der Waals surface area contributed by atoms with Gasteiger partial charge >= 0.3 is 5.97 Å². The molecule has 1 aromatic rings. The van der Waals surface area contributed by atoms with Gasteiger partial charge in [0, 0.05) is 29.3 Å². The molecule has 144 valence electrons. The van der Waals surface area contributed by atoms with Gasteiger partial charge in [0.1, 0.15) is 11.7 Å². The van der Waals surface area contributed by atoms with Gasteiger partial charge < -0.3 is 14.8 Å². The lowest BCUT2D eigenvalue weighted by Crippen LogP contribution is -2.43. The van der Waals surface area contributed by atoms with Crippen LogP contribution in [-0.2, 0) is 14.3 Å². The second kappa shape index (κ2) is 7.22. The molecule has 2 aliphatic rings. The normalized spacial score (nSPS) is 24.1. The number of Topliss-reactive ketones (excluding diaryl/α,β-unsaturated/α-hetero) is 1. The number of hydrogen-bond donors (Lipinski definition) is 1. The van der Waals surface area contributed by atoms with Crippen LogP contribution in [0, 0.1) is 11.3 Å². The van der Waals surface area contributed by atoms with Gasteiger partial charge in [-0.2, -0.15) is 0 Å². The molecular weight excluding hydrogens is 342 g/mol. The van der Waals surface area contributed by atoms with E-state index in [4.69, 9.17) is 9.47 Å². The molecule has 1 aliphatic carbocycles. The molecule has 27 heavy (non-hydrogen) atoms. The molecule has 0 fully saturated rings. The number of ether oxygens (including phenoxy) is 2. The van der Waals surface area contributed by atoms with Crippen LogP contribution in [0.5, 0.6) is 5.75 Å². The Labute approximate surface area is 160 Å². The van der Waals surface area contributed by atoms with Crippen LogP contribution in [0.15, 0.2) is 47.8 Å². The highest BCUT2D eigenvalue weighted by Crippen LogP contribution is 2.48. The summed E-state index contributed by atoms with van der Waals surface area (Å²) < 4.78 is 10.7. The Morgan fingerprint density at radius 2 is 2.07 bits per heavy atom. The minimum atomic E-state index is -0.657. The van der Waals surface area contributed by atoms with Crippen LogP contribution >= 0.6 is 0 Å². The van der Waals surface area contributed by atoms with E-state index in [1.165, 1.54) is 7.11 Å². The first-order valence-electron chi connectivity index (χ1n) is 9.30. The van der Waals surface area contributed by atoms with E-state index >= 15 is 0 Å². The number of carbonyl (C=O) groups excluding carboxylic acids is 2. The molecule has 0 saturated heterocycles. The number of methoxy groups -OCH3 is 1. The van der Waals surface area contributed by atoms with Crippen LogP contribution in [0.2, 0.25) is 0 Å². The number of rotatable bonds is 4. The first-order valence-corrected chi connectivity index (χ1v) is 9.30. The summed E-state index contributed by atoms with van der Waals surface area (Å²) in [6.07, 6.45) is 1.19. The third-order valence-corrected chi connectivity index (χ3v) is 5.23. The summed E-state index contributed by atoms with van der Waals surface area (Å²) in [6.45, 7) is 10.7. The summed E-state index contributed by atoms with van der Waals surface area (Å²) in [5.74, 6) is -0.694. The molecule has 1 aliphatic heterocycles. The average molecular weight is 369 g/mol. The van der Waals surface area contributed by atoms with E-state index in [1.807, 2.05) is 31.2 Å². The fourth-order valence-corrected chi connectivity index (χ4v) is 4.18. The maximum absolute atomic E-state index is 13.1. The highest BCUT2D eigenvalue weighted by Gasteiger charge is 2.46. The molecule has 0 aromatic heterocycles. The van der Waals surface area contributed by atoms with Crippen LogP contribution in [0.4, 0.5) is 0 Å². The largest absolute Gasteiger partial charge is 0.494 e. The van der Waals surface area contributed by atoms with Crippen molar-refractivity contribution in [2.24, 2.45) is 11.3 Å². The van der Waals surface area contributed by atoms with E-state index in [0.717, 1.165) is 17.7 Å². The smallest absolute Gasteiger partial charge is 0.315 e. The van der Waals surface area contributed by atoms with Gasteiger partial charge in [-0.3, -0.25) is 9.59 Å². The molecular formula is C22H27NO4. The number of esters is 1.